The first-order chi connectivity index (χ1) is 13.2. The summed E-state index contributed by atoms with van der Waals surface area (Å²) < 4.78 is 20.8. The van der Waals surface area contributed by atoms with Crippen molar-refractivity contribution in [3.8, 4) is 5.75 Å². The Morgan fingerprint density at radius 2 is 1.78 bits per heavy atom. The predicted octanol–water partition coefficient (Wildman–Crippen LogP) is 3.48. The van der Waals surface area contributed by atoms with Gasteiger partial charge in [-0.1, -0.05) is 24.3 Å². The second kappa shape index (κ2) is 10.9. The molecular weight excluding hydrogens is 346 g/mol. The van der Waals surface area contributed by atoms with Crippen molar-refractivity contribution < 1.29 is 23.7 Å². The van der Waals surface area contributed by atoms with Crippen LogP contribution in [0.5, 0.6) is 5.75 Å². The summed E-state index contributed by atoms with van der Waals surface area (Å²) in [7, 11) is 4.50. The van der Waals surface area contributed by atoms with Crippen LogP contribution in [0.3, 0.4) is 0 Å². The van der Waals surface area contributed by atoms with Crippen LogP contribution in [0.2, 0.25) is 0 Å². The van der Waals surface area contributed by atoms with E-state index < -0.39 is 5.97 Å². The number of rotatable bonds is 10. The highest BCUT2D eigenvalue weighted by Gasteiger charge is 2.16. The minimum absolute atomic E-state index is 0.310. The number of benzene rings is 2. The molecule has 0 aromatic heterocycles. The first kappa shape index (κ1) is 20.3. The van der Waals surface area contributed by atoms with E-state index in [2.05, 4.69) is 5.32 Å². The fourth-order valence-corrected chi connectivity index (χ4v) is 2.49. The Kier molecular flexibility index (Phi) is 8.19. The third-order valence-corrected chi connectivity index (χ3v) is 3.83. The van der Waals surface area contributed by atoms with E-state index in [9.17, 15) is 4.79 Å². The van der Waals surface area contributed by atoms with Gasteiger partial charge in [-0.3, -0.25) is 0 Å². The second-order valence-electron chi connectivity index (χ2n) is 5.65. The molecule has 0 unspecified atom stereocenters. The van der Waals surface area contributed by atoms with Crippen LogP contribution in [-0.4, -0.2) is 40.5 Å². The summed E-state index contributed by atoms with van der Waals surface area (Å²) in [6.45, 7) is 1.70. The second-order valence-corrected chi connectivity index (χ2v) is 5.65. The van der Waals surface area contributed by atoms with E-state index in [0.29, 0.717) is 24.4 Å². The number of nitrogens with one attached hydrogen (secondary N) is 1. The summed E-state index contributed by atoms with van der Waals surface area (Å²) in [6.07, 6.45) is 1.38. The number of carbonyl (C=O) groups is 1. The van der Waals surface area contributed by atoms with E-state index in [1.54, 1.807) is 7.11 Å². The highest BCUT2D eigenvalue weighted by molar-refractivity contribution is 6.16. The zero-order valence-corrected chi connectivity index (χ0v) is 15.9. The molecule has 0 fully saturated rings. The van der Waals surface area contributed by atoms with Crippen LogP contribution in [0.25, 0.3) is 5.57 Å². The topological polar surface area (TPSA) is 66.0 Å². The third-order valence-electron chi connectivity index (χ3n) is 3.83. The fourth-order valence-electron chi connectivity index (χ4n) is 2.49. The van der Waals surface area contributed by atoms with Crippen LogP contribution in [0.15, 0.2) is 54.8 Å². The van der Waals surface area contributed by atoms with Gasteiger partial charge in [0.15, 0.2) is 0 Å². The number of ether oxygens (including phenoxy) is 4. The highest BCUT2D eigenvalue weighted by atomic mass is 16.5. The average molecular weight is 371 g/mol. The maximum Gasteiger partial charge on any atom is 0.341 e. The monoisotopic (exact) mass is 371 g/mol. The molecule has 0 saturated carbocycles. The van der Waals surface area contributed by atoms with Crippen LogP contribution in [0.1, 0.15) is 11.1 Å². The maximum atomic E-state index is 12.0. The molecule has 27 heavy (non-hydrogen) atoms. The van der Waals surface area contributed by atoms with E-state index in [4.69, 9.17) is 18.9 Å². The standard InChI is InChI=1S/C21H25NO5/c1-24-13-12-22-17-8-10-18(11-9-17)27-14-16-6-4-5-7-19(16)20(15-25-2)21(23)26-3/h4-11,15,22H,12-14H2,1-3H3. The van der Waals surface area contributed by atoms with Crippen molar-refractivity contribution in [3.63, 3.8) is 0 Å². The van der Waals surface area contributed by atoms with Crippen molar-refractivity contribution in [3.05, 3.63) is 65.9 Å². The Morgan fingerprint density at radius 3 is 2.44 bits per heavy atom. The molecule has 1 N–H and O–H groups in total. The summed E-state index contributed by atoms with van der Waals surface area (Å²) in [5, 5.41) is 3.25. The number of carbonyl (C=O) groups excluding carboxylic acids is 1. The Balaban J connectivity index is 2.08. The smallest absolute Gasteiger partial charge is 0.341 e. The molecule has 0 aliphatic rings. The molecule has 0 saturated heterocycles. The summed E-state index contributed by atoms with van der Waals surface area (Å²) in [4.78, 5) is 12.0. The molecule has 0 atom stereocenters. The highest BCUT2D eigenvalue weighted by Crippen LogP contribution is 2.23. The minimum atomic E-state index is -0.462. The van der Waals surface area contributed by atoms with Crippen LogP contribution < -0.4 is 10.1 Å². The molecule has 2 rings (SSSR count). The van der Waals surface area contributed by atoms with Crippen molar-refractivity contribution in [2.24, 2.45) is 0 Å². The molecule has 0 spiro atoms. The van der Waals surface area contributed by atoms with Crippen LogP contribution in [0.4, 0.5) is 5.69 Å². The number of esters is 1. The number of anilines is 1. The lowest BCUT2D eigenvalue weighted by atomic mass is 10.0. The Hall–Kier alpha value is -2.99. The number of methoxy groups -OCH3 is 3. The van der Waals surface area contributed by atoms with Gasteiger partial charge in [0, 0.05) is 19.3 Å². The van der Waals surface area contributed by atoms with Gasteiger partial charge in [-0.25, -0.2) is 4.79 Å². The Labute approximate surface area is 159 Å². The van der Waals surface area contributed by atoms with Gasteiger partial charge in [0.1, 0.15) is 17.9 Å². The largest absolute Gasteiger partial charge is 0.503 e. The van der Waals surface area contributed by atoms with Crippen molar-refractivity contribution in [2.45, 2.75) is 6.61 Å². The molecule has 6 nitrogen and oxygen atoms in total. The van der Waals surface area contributed by atoms with Crippen molar-refractivity contribution in [1.29, 1.82) is 0 Å². The van der Waals surface area contributed by atoms with Crippen molar-refractivity contribution in [2.75, 3.05) is 39.8 Å². The van der Waals surface area contributed by atoms with Gasteiger partial charge in [0.2, 0.25) is 0 Å². The molecule has 2 aromatic carbocycles. The van der Waals surface area contributed by atoms with Gasteiger partial charge in [-0.2, -0.15) is 0 Å². The quantitative estimate of drug-likeness (QED) is 0.299. The van der Waals surface area contributed by atoms with Gasteiger partial charge in [-0.15, -0.1) is 0 Å². The van der Waals surface area contributed by atoms with Gasteiger partial charge >= 0.3 is 5.97 Å². The SMILES string of the molecule is COC=C(C(=O)OC)c1ccccc1COc1ccc(NCCOC)cc1. The summed E-state index contributed by atoms with van der Waals surface area (Å²) in [5.41, 5.74) is 2.91. The van der Waals surface area contributed by atoms with Crippen LogP contribution in [0, 0.1) is 0 Å². The zero-order valence-electron chi connectivity index (χ0n) is 15.9. The first-order valence-corrected chi connectivity index (χ1v) is 8.54. The molecule has 0 aliphatic carbocycles. The zero-order chi connectivity index (χ0) is 19.5. The predicted molar refractivity (Wildman–Crippen MR) is 105 cm³/mol. The minimum Gasteiger partial charge on any atom is -0.503 e. The van der Waals surface area contributed by atoms with Crippen molar-refractivity contribution in [1.82, 2.24) is 0 Å². The van der Waals surface area contributed by atoms with Crippen LogP contribution in [-0.2, 0) is 25.6 Å². The summed E-state index contributed by atoms with van der Waals surface area (Å²) in [6, 6.07) is 15.2. The molecule has 144 valence electrons. The van der Waals surface area contributed by atoms with Gasteiger partial charge in [0.25, 0.3) is 0 Å². The Morgan fingerprint density at radius 1 is 1.04 bits per heavy atom. The molecular formula is C21H25NO5. The van der Waals surface area contributed by atoms with E-state index in [0.717, 1.165) is 23.5 Å². The fraction of sp³-hybridized carbons (Fsp3) is 0.286. The average Bonchev–Trinajstić information content (AvgIpc) is 2.71. The van der Waals surface area contributed by atoms with Gasteiger partial charge < -0.3 is 24.3 Å². The first-order valence-electron chi connectivity index (χ1n) is 8.54. The summed E-state index contributed by atoms with van der Waals surface area (Å²) in [5.74, 6) is 0.271. The maximum absolute atomic E-state index is 12.0. The molecule has 0 amide bonds. The Bertz CT molecular complexity index is 755. The number of hydrogen-bond donors (Lipinski definition) is 1. The van der Waals surface area contributed by atoms with E-state index in [1.165, 1.54) is 20.5 Å². The molecule has 2 aromatic rings. The molecule has 0 heterocycles. The molecule has 0 radical (unpaired) electrons. The molecule has 0 aliphatic heterocycles. The van der Waals surface area contributed by atoms with Gasteiger partial charge in [-0.05, 0) is 35.4 Å². The lowest BCUT2D eigenvalue weighted by Gasteiger charge is -2.13. The lowest BCUT2D eigenvalue weighted by Crippen LogP contribution is -2.08. The molecule has 6 heteroatoms. The van der Waals surface area contributed by atoms with Crippen LogP contribution >= 0.6 is 0 Å². The van der Waals surface area contributed by atoms with E-state index >= 15 is 0 Å². The van der Waals surface area contributed by atoms with Gasteiger partial charge in [0.05, 0.1) is 27.1 Å². The van der Waals surface area contributed by atoms with E-state index in [-0.39, 0.29) is 0 Å². The number of hydrogen-bond acceptors (Lipinski definition) is 6. The van der Waals surface area contributed by atoms with Crippen molar-refractivity contribution >= 4 is 17.2 Å². The van der Waals surface area contributed by atoms with E-state index in [1.807, 2.05) is 48.5 Å². The lowest BCUT2D eigenvalue weighted by molar-refractivity contribution is -0.133. The molecule has 0 bridgehead atoms. The normalized spacial score (nSPS) is 11.0. The third kappa shape index (κ3) is 6.04. The summed E-state index contributed by atoms with van der Waals surface area (Å²) >= 11 is 0.